The third-order valence-corrected chi connectivity index (χ3v) is 12.4. The van der Waals surface area contributed by atoms with E-state index in [2.05, 4.69) is 5.43 Å². The molecule has 11 nitrogen and oxygen atoms in total. The highest BCUT2D eigenvalue weighted by Crippen LogP contribution is 2.64. The molecule has 2 aliphatic heterocycles. The van der Waals surface area contributed by atoms with Gasteiger partial charge in [0.1, 0.15) is 11.5 Å². The predicted molar refractivity (Wildman–Crippen MR) is 207 cm³/mol. The first-order chi connectivity index (χ1) is 26.3. The number of hydrogen-bond acceptors (Lipinski definition) is 9. The van der Waals surface area contributed by atoms with Crippen LogP contribution in [0.5, 0.6) is 11.5 Å². The maximum Gasteiger partial charge on any atom is 0.488 e. The summed E-state index contributed by atoms with van der Waals surface area (Å²) in [6.45, 7) is 3.53. The SMILES string of the molecule is COc1ccc(C23C(=O)N(Nc4ccc(Cl)cc4Cl)C(=O)C2CC2C(=CCC4C(=O)N(c5cccc(B(O)O)c5)C(=O)C42)C3c2cc(C)c(O)c(C)c2)cc1. The Hall–Kier alpha value is -5.14. The number of rotatable bonds is 7. The number of halogens is 2. The zero-order valence-corrected chi connectivity index (χ0v) is 31.5. The van der Waals surface area contributed by atoms with Crippen molar-refractivity contribution in [3.05, 3.63) is 123 Å². The molecule has 0 bridgehead atoms. The topological polar surface area (TPSA) is 157 Å². The van der Waals surface area contributed by atoms with Crippen molar-refractivity contribution in [2.24, 2.45) is 23.7 Å². The number of benzene rings is 4. The van der Waals surface area contributed by atoms with E-state index in [0.29, 0.717) is 33.0 Å². The normalized spacial score (nSPS) is 25.7. The number of anilines is 2. The molecular weight excluding hydrogens is 744 g/mol. The first kappa shape index (κ1) is 36.8. The number of aromatic hydroxyl groups is 1. The maximum atomic E-state index is 15.5. The number of nitrogens with zero attached hydrogens (tertiary/aromatic N) is 2. The van der Waals surface area contributed by atoms with Crippen molar-refractivity contribution in [2.45, 2.75) is 38.0 Å². The molecule has 4 aromatic rings. The Balaban J connectivity index is 1.33. The molecule has 3 fully saturated rings. The molecule has 4 N–H and O–H groups in total. The Morgan fingerprint density at radius 2 is 1.58 bits per heavy atom. The molecule has 6 unspecified atom stereocenters. The largest absolute Gasteiger partial charge is 0.507 e. The van der Waals surface area contributed by atoms with Crippen molar-refractivity contribution < 1.29 is 39.1 Å². The van der Waals surface area contributed by atoms with E-state index in [1.165, 1.54) is 25.3 Å². The van der Waals surface area contributed by atoms with Crippen LogP contribution in [0.2, 0.25) is 10.0 Å². The Morgan fingerprint density at radius 3 is 2.24 bits per heavy atom. The molecule has 14 heteroatoms. The monoisotopic (exact) mass is 779 g/mol. The van der Waals surface area contributed by atoms with Crippen molar-refractivity contribution in [2.75, 3.05) is 17.4 Å². The minimum atomic E-state index is -1.81. The van der Waals surface area contributed by atoms with Crippen molar-refractivity contribution in [3.63, 3.8) is 0 Å². The van der Waals surface area contributed by atoms with Crippen molar-refractivity contribution in [1.82, 2.24) is 5.01 Å². The molecule has 4 amide bonds. The van der Waals surface area contributed by atoms with Gasteiger partial charge in [-0.2, -0.15) is 5.01 Å². The summed E-state index contributed by atoms with van der Waals surface area (Å²) in [4.78, 5) is 60.3. The Bertz CT molecular complexity index is 2310. The average molecular weight is 780 g/mol. The third-order valence-electron chi connectivity index (χ3n) is 11.9. The quantitative estimate of drug-likeness (QED) is 0.113. The number of hydrazine groups is 1. The number of amides is 4. The standard InChI is InChI=1S/C41H36BCl2N3O8/c1-20-15-22(16-21(2)36(20)48)35-28-12-13-29-34(39(51)46(37(29)49)26-6-4-5-24(17-26)42(53)54)30(28)19-31-38(50)47(45-33-14-9-25(43)18-32(33)44)40(52)41(31,35)23-7-10-27(55-3)11-8-23/h4-12,14-18,29-31,34-35,45,48,53-54H,13,19H2,1-3H3. The molecule has 0 radical (unpaired) electrons. The summed E-state index contributed by atoms with van der Waals surface area (Å²) in [5.74, 6) is -5.45. The lowest BCUT2D eigenvalue weighted by molar-refractivity contribution is -0.138. The predicted octanol–water partition coefficient (Wildman–Crippen LogP) is 5.19. The van der Waals surface area contributed by atoms with Gasteiger partial charge in [0.2, 0.25) is 11.8 Å². The van der Waals surface area contributed by atoms with Crippen LogP contribution in [-0.2, 0) is 24.6 Å². The number of phenols is 1. The number of imide groups is 2. The molecular formula is C41H36BCl2N3O8. The van der Waals surface area contributed by atoms with Gasteiger partial charge in [0.25, 0.3) is 11.8 Å². The van der Waals surface area contributed by atoms with Gasteiger partial charge in [-0.25, -0.2) is 0 Å². The fourth-order valence-electron chi connectivity index (χ4n) is 9.45. The van der Waals surface area contributed by atoms with Crippen LogP contribution in [-0.4, -0.2) is 58.0 Å². The zero-order chi connectivity index (χ0) is 39.1. The van der Waals surface area contributed by atoms with E-state index in [-0.39, 0.29) is 40.5 Å². The summed E-state index contributed by atoms with van der Waals surface area (Å²) in [5, 5.41) is 32.2. The summed E-state index contributed by atoms with van der Waals surface area (Å²) in [6.07, 6.45) is 2.20. The van der Waals surface area contributed by atoms with Crippen LogP contribution < -0.4 is 20.5 Å². The Kier molecular flexibility index (Phi) is 9.08. The number of carbonyl (C=O) groups excluding carboxylic acids is 4. The minimum absolute atomic E-state index is 0.0605. The average Bonchev–Trinajstić information content (AvgIpc) is 3.55. The third kappa shape index (κ3) is 5.57. The lowest BCUT2D eigenvalue weighted by Crippen LogP contribution is -2.53. The Labute approximate surface area is 327 Å². The molecule has 2 heterocycles. The van der Waals surface area contributed by atoms with E-state index in [0.717, 1.165) is 15.5 Å². The molecule has 1 saturated carbocycles. The van der Waals surface area contributed by atoms with E-state index in [1.807, 2.05) is 18.2 Å². The van der Waals surface area contributed by atoms with Crippen LogP contribution in [0.1, 0.15) is 41.0 Å². The lowest BCUT2D eigenvalue weighted by atomic mass is 9.49. The van der Waals surface area contributed by atoms with Gasteiger partial charge in [-0.1, -0.05) is 71.2 Å². The smallest absolute Gasteiger partial charge is 0.488 e. The molecule has 2 aliphatic carbocycles. The number of allylic oxidation sites excluding steroid dienone is 2. The van der Waals surface area contributed by atoms with E-state index >= 15 is 4.79 Å². The molecule has 55 heavy (non-hydrogen) atoms. The lowest BCUT2D eigenvalue weighted by Gasteiger charge is -2.50. The fourth-order valence-corrected chi connectivity index (χ4v) is 9.90. The molecule has 280 valence electrons. The first-order valence-corrected chi connectivity index (χ1v) is 18.6. The number of hydrogen-bond donors (Lipinski definition) is 4. The maximum absolute atomic E-state index is 15.5. The number of ether oxygens (including phenoxy) is 1. The molecule has 2 saturated heterocycles. The number of nitrogens with one attached hydrogen (secondary N) is 1. The molecule has 4 aromatic carbocycles. The van der Waals surface area contributed by atoms with Crippen molar-refractivity contribution in [1.29, 1.82) is 0 Å². The second-order valence-electron chi connectivity index (χ2n) is 14.7. The number of aryl methyl sites for hydroxylation is 2. The highest BCUT2D eigenvalue weighted by atomic mass is 35.5. The molecule has 8 rings (SSSR count). The zero-order valence-electron chi connectivity index (χ0n) is 30.0. The summed E-state index contributed by atoms with van der Waals surface area (Å²) < 4.78 is 5.47. The van der Waals surface area contributed by atoms with Gasteiger partial charge < -0.3 is 19.9 Å². The molecule has 0 aromatic heterocycles. The van der Waals surface area contributed by atoms with Gasteiger partial charge >= 0.3 is 7.12 Å². The Morgan fingerprint density at radius 1 is 0.873 bits per heavy atom. The summed E-state index contributed by atoms with van der Waals surface area (Å²) in [6, 6.07) is 21.3. The summed E-state index contributed by atoms with van der Waals surface area (Å²) in [7, 11) is -0.275. The van der Waals surface area contributed by atoms with Crippen LogP contribution in [0.25, 0.3) is 0 Å². The molecule has 6 atom stereocenters. The van der Waals surface area contributed by atoms with E-state index < -0.39 is 65.8 Å². The van der Waals surface area contributed by atoms with Crippen LogP contribution in [0, 0.1) is 37.5 Å². The fraction of sp³-hybridized carbons (Fsp3) is 0.268. The van der Waals surface area contributed by atoms with Crippen LogP contribution >= 0.6 is 23.2 Å². The van der Waals surface area contributed by atoms with Gasteiger partial charge in [0.05, 0.1) is 46.7 Å². The highest BCUT2D eigenvalue weighted by molar-refractivity contribution is 6.58. The molecule has 0 spiro atoms. The van der Waals surface area contributed by atoms with E-state index in [1.54, 1.807) is 62.4 Å². The van der Waals surface area contributed by atoms with Crippen LogP contribution in [0.4, 0.5) is 11.4 Å². The highest BCUT2D eigenvalue weighted by Gasteiger charge is 2.70. The van der Waals surface area contributed by atoms with Crippen LogP contribution in [0.15, 0.2) is 90.5 Å². The van der Waals surface area contributed by atoms with Gasteiger partial charge in [0.15, 0.2) is 0 Å². The van der Waals surface area contributed by atoms with Crippen LogP contribution in [0.3, 0.4) is 0 Å². The second kappa shape index (κ2) is 13.6. The first-order valence-electron chi connectivity index (χ1n) is 17.9. The number of methoxy groups -OCH3 is 1. The summed E-state index contributed by atoms with van der Waals surface area (Å²) in [5.41, 5.74) is 5.13. The second-order valence-corrected chi connectivity index (χ2v) is 15.5. The number of fused-ring (bicyclic) bond motifs is 4. The summed E-state index contributed by atoms with van der Waals surface area (Å²) >= 11 is 12.7. The van der Waals surface area contributed by atoms with Gasteiger partial charge in [0, 0.05) is 10.9 Å². The minimum Gasteiger partial charge on any atom is -0.507 e. The number of carbonyl (C=O) groups is 4. The van der Waals surface area contributed by atoms with Gasteiger partial charge in [-0.3, -0.25) is 29.5 Å². The van der Waals surface area contributed by atoms with E-state index in [4.69, 9.17) is 27.9 Å². The number of phenolic OH excluding ortho intramolecular Hbond substituents is 1. The van der Waals surface area contributed by atoms with Crippen molar-refractivity contribution in [3.8, 4) is 11.5 Å². The molecule has 4 aliphatic rings. The van der Waals surface area contributed by atoms with Gasteiger partial charge in [-0.15, -0.1) is 0 Å². The van der Waals surface area contributed by atoms with E-state index in [9.17, 15) is 29.5 Å². The van der Waals surface area contributed by atoms with Gasteiger partial charge in [-0.05, 0) is 103 Å². The van der Waals surface area contributed by atoms with Crippen molar-refractivity contribution >= 4 is 70.8 Å².